The molecular formula is C31H46O7. The van der Waals surface area contributed by atoms with Crippen LogP contribution >= 0.6 is 0 Å². The van der Waals surface area contributed by atoms with Crippen LogP contribution in [0.2, 0.25) is 0 Å². The second-order valence-corrected chi connectivity index (χ2v) is 10.7. The lowest BCUT2D eigenvalue weighted by Crippen LogP contribution is -2.43. The number of unbranched alkanes of at least 4 members (excludes halogenated alkanes) is 11. The molecule has 0 aliphatic rings. The summed E-state index contributed by atoms with van der Waals surface area (Å²) in [6, 6.07) is 4.73. The van der Waals surface area contributed by atoms with E-state index in [9.17, 15) is 9.90 Å². The van der Waals surface area contributed by atoms with Crippen molar-refractivity contribution in [3.63, 3.8) is 0 Å². The first-order valence-electron chi connectivity index (χ1n) is 14.3. The highest BCUT2D eigenvalue weighted by atomic mass is 16.5. The van der Waals surface area contributed by atoms with E-state index in [2.05, 4.69) is 6.92 Å². The number of hydrogen-bond donors (Lipinski definition) is 1. The van der Waals surface area contributed by atoms with E-state index in [0.717, 1.165) is 12.8 Å². The van der Waals surface area contributed by atoms with Gasteiger partial charge in [-0.15, -0.1) is 0 Å². The van der Waals surface area contributed by atoms with Gasteiger partial charge in [-0.2, -0.15) is 0 Å². The average molecular weight is 531 g/mol. The minimum absolute atomic E-state index is 0.00623. The van der Waals surface area contributed by atoms with E-state index in [1.54, 1.807) is 12.1 Å². The Labute approximate surface area is 226 Å². The number of aliphatic hydroxyl groups is 1. The number of ether oxygens (including phenoxy) is 3. The summed E-state index contributed by atoms with van der Waals surface area (Å²) in [5.74, 6) is 0.792. The molecule has 7 nitrogen and oxygen atoms in total. The zero-order chi connectivity index (χ0) is 27.4. The van der Waals surface area contributed by atoms with Crippen molar-refractivity contribution in [2.45, 2.75) is 110 Å². The highest BCUT2D eigenvalue weighted by Gasteiger charge is 2.30. The molecule has 1 N–H and O–H groups in total. The highest BCUT2D eigenvalue weighted by Crippen LogP contribution is 2.42. The number of rotatable bonds is 19. The molecular weight excluding hydrogens is 484 g/mol. The SMILES string of the molecule is CCCCCCCCCCCCCCOC(C)(C)[C@@H](O)COc1c2ccoc2c(OC)c2oc(=O)ccc12. The van der Waals surface area contributed by atoms with E-state index in [1.807, 2.05) is 13.8 Å². The molecule has 0 fully saturated rings. The van der Waals surface area contributed by atoms with Crippen LogP contribution in [0.25, 0.3) is 21.9 Å². The molecule has 0 saturated heterocycles. The van der Waals surface area contributed by atoms with Crippen molar-refractivity contribution in [1.29, 1.82) is 0 Å². The number of aliphatic hydroxyl groups excluding tert-OH is 1. The van der Waals surface area contributed by atoms with Crippen molar-refractivity contribution in [2.24, 2.45) is 0 Å². The van der Waals surface area contributed by atoms with Gasteiger partial charge in [0, 0.05) is 12.7 Å². The quantitative estimate of drug-likeness (QED) is 0.125. The monoisotopic (exact) mass is 530 g/mol. The maximum atomic E-state index is 11.9. The van der Waals surface area contributed by atoms with Gasteiger partial charge in [0.1, 0.15) is 18.5 Å². The molecule has 0 unspecified atom stereocenters. The minimum Gasteiger partial charge on any atom is -0.490 e. The predicted octanol–water partition coefficient (Wildman–Crippen LogP) is 7.78. The molecule has 38 heavy (non-hydrogen) atoms. The van der Waals surface area contributed by atoms with Crippen LogP contribution in [-0.4, -0.2) is 37.1 Å². The van der Waals surface area contributed by atoms with Crippen LogP contribution in [0.3, 0.4) is 0 Å². The van der Waals surface area contributed by atoms with Crippen LogP contribution < -0.4 is 15.1 Å². The summed E-state index contributed by atoms with van der Waals surface area (Å²) in [5.41, 5.74) is -0.613. The molecule has 2 aromatic heterocycles. The maximum absolute atomic E-state index is 11.9. The Kier molecular flexibility index (Phi) is 12.0. The minimum atomic E-state index is -0.866. The number of hydrogen-bond acceptors (Lipinski definition) is 7. The van der Waals surface area contributed by atoms with Crippen LogP contribution in [-0.2, 0) is 4.74 Å². The number of furan rings is 1. The lowest BCUT2D eigenvalue weighted by molar-refractivity contribution is -0.112. The average Bonchev–Trinajstić information content (AvgIpc) is 3.38. The van der Waals surface area contributed by atoms with Gasteiger partial charge in [0.2, 0.25) is 5.75 Å². The summed E-state index contributed by atoms with van der Waals surface area (Å²) >= 11 is 0. The van der Waals surface area contributed by atoms with Gasteiger partial charge in [0.25, 0.3) is 0 Å². The molecule has 0 amide bonds. The van der Waals surface area contributed by atoms with Crippen LogP contribution in [0.5, 0.6) is 11.5 Å². The fraction of sp³-hybridized carbons (Fsp3) is 0.645. The smallest absolute Gasteiger partial charge is 0.336 e. The van der Waals surface area contributed by atoms with Crippen molar-refractivity contribution >= 4 is 21.9 Å². The molecule has 0 spiro atoms. The Balaban J connectivity index is 1.43. The second kappa shape index (κ2) is 15.2. The normalized spacial score (nSPS) is 12.9. The van der Waals surface area contributed by atoms with Gasteiger partial charge in [-0.25, -0.2) is 4.79 Å². The Bertz CT molecular complexity index is 1160. The Morgan fingerprint density at radius 2 is 1.45 bits per heavy atom. The molecule has 1 aromatic carbocycles. The molecule has 3 aromatic rings. The number of methoxy groups -OCH3 is 1. The standard InChI is InChI=1S/C31H46O7/c1-5-6-7-8-9-10-11-12-13-14-15-16-20-37-31(2,3)25(32)22-36-27-23-17-18-26(33)38-29(23)30(34-4)28-24(27)19-21-35-28/h17-19,21,25,32H,5-16,20,22H2,1-4H3/t25-/m0/s1. The van der Waals surface area contributed by atoms with Crippen molar-refractivity contribution in [2.75, 3.05) is 20.3 Å². The Morgan fingerprint density at radius 3 is 2.08 bits per heavy atom. The first kappa shape index (κ1) is 30.0. The second-order valence-electron chi connectivity index (χ2n) is 10.7. The van der Waals surface area contributed by atoms with Gasteiger partial charge < -0.3 is 28.2 Å². The molecule has 212 valence electrons. The summed E-state index contributed by atoms with van der Waals surface area (Å²) < 4.78 is 28.6. The highest BCUT2D eigenvalue weighted by molar-refractivity contribution is 6.06. The lowest BCUT2D eigenvalue weighted by Gasteiger charge is -2.31. The summed E-state index contributed by atoms with van der Waals surface area (Å²) in [4.78, 5) is 11.9. The first-order valence-corrected chi connectivity index (χ1v) is 14.3. The lowest BCUT2D eigenvalue weighted by atomic mass is 10.0. The Morgan fingerprint density at radius 1 is 0.842 bits per heavy atom. The fourth-order valence-corrected chi connectivity index (χ4v) is 4.75. The zero-order valence-corrected chi connectivity index (χ0v) is 23.7. The third-order valence-corrected chi connectivity index (χ3v) is 7.26. The molecule has 2 heterocycles. The number of benzene rings is 1. The van der Waals surface area contributed by atoms with Crippen LogP contribution in [0.4, 0.5) is 0 Å². The molecule has 0 saturated carbocycles. The van der Waals surface area contributed by atoms with Crippen LogP contribution in [0, 0.1) is 0 Å². The van der Waals surface area contributed by atoms with Gasteiger partial charge in [0.05, 0.1) is 29.7 Å². The first-order chi connectivity index (χ1) is 18.4. The van der Waals surface area contributed by atoms with E-state index < -0.39 is 17.3 Å². The van der Waals surface area contributed by atoms with Crippen molar-refractivity contribution in [3.8, 4) is 11.5 Å². The topological polar surface area (TPSA) is 91.3 Å². The third-order valence-electron chi connectivity index (χ3n) is 7.26. The van der Waals surface area contributed by atoms with Crippen LogP contribution in [0.1, 0.15) is 97.8 Å². The van der Waals surface area contributed by atoms with E-state index >= 15 is 0 Å². The van der Waals surface area contributed by atoms with Gasteiger partial charge in [-0.3, -0.25) is 0 Å². The van der Waals surface area contributed by atoms with E-state index in [0.29, 0.717) is 34.5 Å². The van der Waals surface area contributed by atoms with Crippen LogP contribution in [0.15, 0.2) is 38.1 Å². The Hall–Kier alpha value is -2.51. The molecule has 0 aliphatic heterocycles. The molecule has 3 rings (SSSR count). The van der Waals surface area contributed by atoms with Gasteiger partial charge in [0.15, 0.2) is 11.2 Å². The largest absolute Gasteiger partial charge is 0.490 e. The molecule has 0 radical (unpaired) electrons. The predicted molar refractivity (Wildman–Crippen MR) is 151 cm³/mol. The molecule has 7 heteroatoms. The van der Waals surface area contributed by atoms with Gasteiger partial charge in [-0.05, 0) is 32.4 Å². The summed E-state index contributed by atoms with van der Waals surface area (Å²) in [7, 11) is 1.49. The fourth-order valence-electron chi connectivity index (χ4n) is 4.75. The molecule has 1 atom stereocenters. The zero-order valence-electron chi connectivity index (χ0n) is 23.7. The number of fused-ring (bicyclic) bond motifs is 2. The van der Waals surface area contributed by atoms with E-state index in [-0.39, 0.29) is 12.2 Å². The van der Waals surface area contributed by atoms with Gasteiger partial charge >= 0.3 is 5.63 Å². The molecule has 0 bridgehead atoms. The summed E-state index contributed by atoms with van der Waals surface area (Å²) in [6.45, 7) is 6.62. The van der Waals surface area contributed by atoms with Crippen molar-refractivity contribution in [1.82, 2.24) is 0 Å². The van der Waals surface area contributed by atoms with Crippen molar-refractivity contribution < 1.29 is 28.2 Å². The molecule has 0 aliphatic carbocycles. The van der Waals surface area contributed by atoms with Gasteiger partial charge in [-0.1, -0.05) is 77.6 Å². The third kappa shape index (κ3) is 8.24. The van der Waals surface area contributed by atoms with E-state index in [1.165, 1.54) is 83.6 Å². The maximum Gasteiger partial charge on any atom is 0.336 e. The van der Waals surface area contributed by atoms with E-state index in [4.69, 9.17) is 23.0 Å². The summed E-state index contributed by atoms with van der Waals surface area (Å²) in [5, 5.41) is 12.1. The summed E-state index contributed by atoms with van der Waals surface area (Å²) in [6.07, 6.45) is 16.2. The van der Waals surface area contributed by atoms with Crippen molar-refractivity contribution in [3.05, 3.63) is 34.9 Å².